The molecule has 0 saturated carbocycles. The van der Waals surface area contributed by atoms with E-state index >= 15 is 0 Å². The average Bonchev–Trinajstić information content (AvgIpc) is 3.21. The summed E-state index contributed by atoms with van der Waals surface area (Å²) in [6, 6.07) is 3.43. The van der Waals surface area contributed by atoms with Crippen LogP contribution in [0.15, 0.2) is 34.9 Å². The molecular formula is C15H16N6O2S. The van der Waals surface area contributed by atoms with E-state index in [1.807, 2.05) is 25.5 Å². The molecule has 0 saturated heterocycles. The van der Waals surface area contributed by atoms with Crippen LogP contribution in [-0.4, -0.2) is 37.6 Å². The van der Waals surface area contributed by atoms with E-state index in [9.17, 15) is 4.79 Å². The number of amides is 1. The van der Waals surface area contributed by atoms with Crippen LogP contribution in [0.5, 0.6) is 5.88 Å². The Morgan fingerprint density at radius 1 is 1.38 bits per heavy atom. The van der Waals surface area contributed by atoms with Gasteiger partial charge in [-0.25, -0.2) is 4.68 Å². The maximum atomic E-state index is 12.5. The van der Waals surface area contributed by atoms with Crippen LogP contribution in [-0.2, 0) is 13.5 Å². The van der Waals surface area contributed by atoms with Gasteiger partial charge in [0, 0.05) is 24.7 Å². The van der Waals surface area contributed by atoms with Crippen molar-refractivity contribution < 1.29 is 9.53 Å². The summed E-state index contributed by atoms with van der Waals surface area (Å²) in [7, 11) is 3.37. The van der Waals surface area contributed by atoms with Gasteiger partial charge in [-0.1, -0.05) is 6.92 Å². The molecule has 1 amide bonds. The maximum absolute atomic E-state index is 12.5. The minimum atomic E-state index is -0.322. The number of rotatable bonds is 4. The number of thiazole rings is 1. The molecule has 0 aliphatic rings. The van der Waals surface area contributed by atoms with Crippen molar-refractivity contribution in [2.24, 2.45) is 12.0 Å². The molecule has 24 heavy (non-hydrogen) atoms. The van der Waals surface area contributed by atoms with Gasteiger partial charge in [-0.2, -0.15) is 10.1 Å². The first kappa shape index (κ1) is 16.1. The van der Waals surface area contributed by atoms with Crippen molar-refractivity contribution in [2.45, 2.75) is 13.3 Å². The predicted molar refractivity (Wildman–Crippen MR) is 88.3 cm³/mol. The van der Waals surface area contributed by atoms with Crippen molar-refractivity contribution in [1.29, 1.82) is 0 Å². The van der Waals surface area contributed by atoms with Crippen molar-refractivity contribution in [2.75, 3.05) is 7.11 Å². The minimum Gasteiger partial charge on any atom is -0.480 e. The van der Waals surface area contributed by atoms with Crippen LogP contribution >= 0.6 is 11.3 Å². The Bertz CT molecular complexity index is 922. The number of nitrogens with zero attached hydrogens (tertiary/aromatic N) is 6. The normalized spacial score (nSPS) is 11.7. The Morgan fingerprint density at radius 2 is 2.21 bits per heavy atom. The van der Waals surface area contributed by atoms with Crippen LogP contribution in [0.3, 0.4) is 0 Å². The van der Waals surface area contributed by atoms with Gasteiger partial charge in [-0.15, -0.1) is 21.5 Å². The lowest BCUT2D eigenvalue weighted by Gasteiger charge is -2.05. The molecule has 0 aliphatic heterocycles. The van der Waals surface area contributed by atoms with E-state index in [1.54, 1.807) is 21.4 Å². The molecule has 3 heterocycles. The number of aryl methyl sites for hydroxylation is 1. The number of hydrogen-bond donors (Lipinski definition) is 0. The highest BCUT2D eigenvalue weighted by Gasteiger charge is 2.17. The van der Waals surface area contributed by atoms with E-state index in [0.717, 1.165) is 5.69 Å². The fourth-order valence-electron chi connectivity index (χ4n) is 2.21. The van der Waals surface area contributed by atoms with Crippen molar-refractivity contribution in [3.8, 4) is 11.7 Å². The van der Waals surface area contributed by atoms with Gasteiger partial charge in [0.05, 0.1) is 24.6 Å². The van der Waals surface area contributed by atoms with Gasteiger partial charge >= 0.3 is 0 Å². The molecule has 3 rings (SSSR count). The molecule has 9 heteroatoms. The molecule has 124 valence electrons. The van der Waals surface area contributed by atoms with E-state index in [-0.39, 0.29) is 5.91 Å². The molecule has 0 aliphatic carbocycles. The third-order valence-electron chi connectivity index (χ3n) is 3.44. The second kappa shape index (κ2) is 6.75. The number of aromatic nitrogens is 5. The van der Waals surface area contributed by atoms with Gasteiger partial charge < -0.3 is 9.30 Å². The number of ether oxygens (including phenoxy) is 1. The molecule has 3 aromatic heterocycles. The predicted octanol–water partition coefficient (Wildman–Crippen LogP) is 1.37. The highest BCUT2D eigenvalue weighted by molar-refractivity contribution is 7.07. The first-order valence-electron chi connectivity index (χ1n) is 7.28. The number of hydrogen-bond acceptors (Lipinski definition) is 6. The Hall–Kier alpha value is -2.81. The standard InChI is InChI=1S/C15H16N6O2S/c1-4-11-10(14(22)17-15-20(2)7-8-24-15)9-16-21(11)12-5-6-13(23-3)19-18-12/h5-9H,4H2,1-3H3. The second-order valence-electron chi connectivity index (χ2n) is 4.92. The monoisotopic (exact) mass is 344 g/mol. The third-order valence-corrected chi connectivity index (χ3v) is 4.29. The van der Waals surface area contributed by atoms with Gasteiger partial charge in [-0.3, -0.25) is 4.79 Å². The molecule has 0 N–H and O–H groups in total. The first-order chi connectivity index (χ1) is 11.6. The summed E-state index contributed by atoms with van der Waals surface area (Å²) in [6.07, 6.45) is 3.99. The lowest BCUT2D eigenvalue weighted by molar-refractivity contribution is 0.0997. The van der Waals surface area contributed by atoms with Crippen LogP contribution < -0.4 is 9.54 Å². The number of methoxy groups -OCH3 is 1. The van der Waals surface area contributed by atoms with Crippen LogP contribution in [0.1, 0.15) is 23.0 Å². The largest absolute Gasteiger partial charge is 0.480 e. The summed E-state index contributed by atoms with van der Waals surface area (Å²) in [5.41, 5.74) is 1.20. The molecule has 0 atom stereocenters. The molecule has 0 aromatic carbocycles. The summed E-state index contributed by atoms with van der Waals surface area (Å²) in [5.74, 6) is 0.617. The highest BCUT2D eigenvalue weighted by atomic mass is 32.1. The number of carbonyl (C=O) groups excluding carboxylic acids is 1. The summed E-state index contributed by atoms with van der Waals surface area (Å²) in [6.45, 7) is 1.95. The van der Waals surface area contributed by atoms with Gasteiger partial charge in [0.15, 0.2) is 10.6 Å². The van der Waals surface area contributed by atoms with Crippen LogP contribution in [0, 0.1) is 0 Å². The van der Waals surface area contributed by atoms with Gasteiger partial charge in [0.2, 0.25) is 5.88 Å². The SMILES string of the molecule is CCc1c(C(=O)N=c2sccn2C)cnn1-c1ccc(OC)nn1. The Labute approximate surface area is 142 Å². The zero-order chi connectivity index (χ0) is 17.1. The Morgan fingerprint density at radius 3 is 2.79 bits per heavy atom. The van der Waals surface area contributed by atoms with Crippen LogP contribution in [0.2, 0.25) is 0 Å². The lowest BCUT2D eigenvalue weighted by Crippen LogP contribution is -2.13. The fraction of sp³-hybridized carbons (Fsp3) is 0.267. The van der Waals surface area contributed by atoms with Gasteiger partial charge in [0.1, 0.15) is 0 Å². The zero-order valence-corrected chi connectivity index (χ0v) is 14.3. The molecular weight excluding hydrogens is 328 g/mol. The Kier molecular flexibility index (Phi) is 4.52. The average molecular weight is 344 g/mol. The summed E-state index contributed by atoms with van der Waals surface area (Å²) >= 11 is 1.41. The van der Waals surface area contributed by atoms with Crippen molar-refractivity contribution in [3.05, 3.63) is 46.0 Å². The van der Waals surface area contributed by atoms with Crippen LogP contribution in [0.4, 0.5) is 0 Å². The smallest absolute Gasteiger partial charge is 0.283 e. The zero-order valence-electron chi connectivity index (χ0n) is 13.5. The molecule has 0 radical (unpaired) electrons. The van der Waals surface area contributed by atoms with Crippen LogP contribution in [0.25, 0.3) is 5.82 Å². The van der Waals surface area contributed by atoms with Gasteiger partial charge in [0.25, 0.3) is 5.91 Å². The van der Waals surface area contributed by atoms with E-state index in [0.29, 0.717) is 28.5 Å². The summed E-state index contributed by atoms with van der Waals surface area (Å²) in [5, 5.41) is 14.2. The van der Waals surface area contributed by atoms with E-state index < -0.39 is 0 Å². The number of carbonyl (C=O) groups is 1. The van der Waals surface area contributed by atoms with Gasteiger partial charge in [-0.05, 0) is 12.5 Å². The topological polar surface area (TPSA) is 87.2 Å². The fourth-order valence-corrected chi connectivity index (χ4v) is 2.93. The maximum Gasteiger partial charge on any atom is 0.283 e. The third kappa shape index (κ3) is 2.98. The molecule has 0 unspecified atom stereocenters. The first-order valence-corrected chi connectivity index (χ1v) is 8.16. The Balaban J connectivity index is 2.00. The quantitative estimate of drug-likeness (QED) is 0.713. The van der Waals surface area contributed by atoms with E-state index in [1.165, 1.54) is 24.6 Å². The molecule has 8 nitrogen and oxygen atoms in total. The van der Waals surface area contributed by atoms with Crippen molar-refractivity contribution in [3.63, 3.8) is 0 Å². The minimum absolute atomic E-state index is 0.322. The molecule has 3 aromatic rings. The molecule has 0 spiro atoms. The van der Waals surface area contributed by atoms with Crippen molar-refractivity contribution in [1.82, 2.24) is 24.5 Å². The lowest BCUT2D eigenvalue weighted by atomic mass is 10.2. The molecule has 0 fully saturated rings. The summed E-state index contributed by atoms with van der Waals surface area (Å²) in [4.78, 5) is 17.3. The van der Waals surface area contributed by atoms with E-state index in [4.69, 9.17) is 4.74 Å². The molecule has 0 bridgehead atoms. The summed E-state index contributed by atoms with van der Waals surface area (Å²) < 4.78 is 8.40. The van der Waals surface area contributed by atoms with Crippen molar-refractivity contribution >= 4 is 17.2 Å². The van der Waals surface area contributed by atoms with E-state index in [2.05, 4.69) is 20.3 Å². The highest BCUT2D eigenvalue weighted by Crippen LogP contribution is 2.16. The second-order valence-corrected chi connectivity index (χ2v) is 5.79.